The Balaban J connectivity index is 2.89. The predicted molar refractivity (Wildman–Crippen MR) is 31.9 cm³/mol. The summed E-state index contributed by atoms with van der Waals surface area (Å²) in [5.74, 6) is 0. The van der Waals surface area contributed by atoms with Crippen LogP contribution in [0.5, 0.6) is 0 Å². The first-order chi connectivity index (χ1) is 5.04. The summed E-state index contributed by atoms with van der Waals surface area (Å²) >= 11 is 0.670. The summed E-state index contributed by atoms with van der Waals surface area (Å²) < 4.78 is 47.0. The highest BCUT2D eigenvalue weighted by atomic mass is 32.1. The van der Waals surface area contributed by atoms with Crippen molar-refractivity contribution in [1.29, 1.82) is 0 Å². The number of nitrogens with zero attached hydrogens (tertiary/aromatic N) is 1. The fourth-order valence-electron chi connectivity index (χ4n) is 0.502. The van der Waals surface area contributed by atoms with E-state index in [4.69, 9.17) is 0 Å². The Labute approximate surface area is 63.7 Å². The summed E-state index contributed by atoms with van der Waals surface area (Å²) in [6, 6.07) is 0. The Morgan fingerprint density at radius 3 is 2.36 bits per heavy atom. The molecule has 1 aromatic heterocycles. The van der Waals surface area contributed by atoms with Crippen LogP contribution in [0, 0.1) is 0 Å². The van der Waals surface area contributed by atoms with E-state index in [1.54, 1.807) is 0 Å². The van der Waals surface area contributed by atoms with Crippen LogP contribution in [0.2, 0.25) is 0 Å². The van der Waals surface area contributed by atoms with Crippen molar-refractivity contribution in [3.05, 3.63) is 16.1 Å². The molecular weight excluding hydrogens is 182 g/mol. The van der Waals surface area contributed by atoms with E-state index < -0.39 is 18.5 Å². The molecule has 0 amide bonds. The van der Waals surface area contributed by atoms with Crippen LogP contribution in [0.3, 0.4) is 0 Å². The van der Waals surface area contributed by atoms with Gasteiger partial charge in [0.25, 0.3) is 0 Å². The zero-order chi connectivity index (χ0) is 8.48. The number of hydrogen-bond acceptors (Lipinski definition) is 2. The maximum atomic E-state index is 11.8. The van der Waals surface area contributed by atoms with Gasteiger partial charge in [0.15, 0.2) is 5.69 Å². The Hall–Kier alpha value is -0.650. The zero-order valence-corrected chi connectivity index (χ0v) is 5.97. The fourth-order valence-corrected chi connectivity index (χ4v) is 1.15. The van der Waals surface area contributed by atoms with Gasteiger partial charge in [-0.1, -0.05) is 0 Å². The molecule has 62 valence electrons. The highest BCUT2D eigenvalue weighted by molar-refractivity contribution is 7.09. The normalized spacial score (nSPS) is 12.0. The van der Waals surface area contributed by atoms with Gasteiger partial charge in [0.2, 0.25) is 0 Å². The smallest absolute Gasteiger partial charge is 0.243 e. The van der Waals surface area contributed by atoms with Crippen molar-refractivity contribution >= 4 is 11.3 Å². The third kappa shape index (κ3) is 1.89. The van der Waals surface area contributed by atoms with Crippen molar-refractivity contribution < 1.29 is 17.6 Å². The van der Waals surface area contributed by atoms with Gasteiger partial charge in [-0.2, -0.15) is 13.2 Å². The molecule has 0 spiro atoms. The molecule has 0 N–H and O–H groups in total. The molecule has 0 aliphatic carbocycles. The Kier molecular flexibility index (Phi) is 2.12. The number of hydrogen-bond donors (Lipinski definition) is 0. The van der Waals surface area contributed by atoms with Crippen molar-refractivity contribution in [3.8, 4) is 0 Å². The third-order valence-electron chi connectivity index (χ3n) is 0.956. The Morgan fingerprint density at radius 2 is 2.09 bits per heavy atom. The van der Waals surface area contributed by atoms with Gasteiger partial charge in [-0.05, 0) is 0 Å². The van der Waals surface area contributed by atoms with E-state index >= 15 is 0 Å². The summed E-state index contributed by atoms with van der Waals surface area (Å²) in [7, 11) is 0. The molecule has 1 rings (SSSR count). The highest BCUT2D eigenvalue weighted by Crippen LogP contribution is 2.29. The summed E-state index contributed by atoms with van der Waals surface area (Å²) in [6.07, 6.45) is -4.45. The predicted octanol–water partition coefficient (Wildman–Crippen LogP) is 2.63. The first kappa shape index (κ1) is 8.45. The second kappa shape index (κ2) is 2.77. The maximum Gasteiger partial charge on any atom is 0.434 e. The van der Waals surface area contributed by atoms with Gasteiger partial charge >= 0.3 is 6.18 Å². The average molecular weight is 185 g/mol. The third-order valence-corrected chi connectivity index (χ3v) is 1.77. The molecule has 6 heteroatoms. The van der Waals surface area contributed by atoms with Crippen LogP contribution < -0.4 is 0 Å². The fraction of sp³-hybridized carbons (Fsp3) is 0.400. The van der Waals surface area contributed by atoms with Gasteiger partial charge in [0.1, 0.15) is 11.7 Å². The van der Waals surface area contributed by atoms with E-state index in [-0.39, 0.29) is 5.01 Å². The lowest BCUT2D eigenvalue weighted by molar-refractivity contribution is -0.140. The lowest BCUT2D eigenvalue weighted by Gasteiger charge is -1.98. The molecule has 0 radical (unpaired) electrons. The molecule has 1 nitrogen and oxygen atoms in total. The van der Waals surface area contributed by atoms with Crippen molar-refractivity contribution in [1.82, 2.24) is 4.98 Å². The van der Waals surface area contributed by atoms with Gasteiger partial charge in [-0.15, -0.1) is 11.3 Å². The minimum absolute atomic E-state index is 0.141. The molecule has 0 aromatic carbocycles. The van der Waals surface area contributed by atoms with E-state index in [2.05, 4.69) is 4.98 Å². The van der Waals surface area contributed by atoms with Crippen molar-refractivity contribution in [3.63, 3.8) is 0 Å². The lowest BCUT2D eigenvalue weighted by atomic mass is 10.5. The minimum Gasteiger partial charge on any atom is -0.243 e. The quantitative estimate of drug-likeness (QED) is 0.613. The van der Waals surface area contributed by atoms with Gasteiger partial charge in [0, 0.05) is 5.38 Å². The lowest BCUT2D eigenvalue weighted by Crippen LogP contribution is -2.05. The zero-order valence-electron chi connectivity index (χ0n) is 5.15. The van der Waals surface area contributed by atoms with Gasteiger partial charge in [-0.25, -0.2) is 9.37 Å². The SMILES string of the molecule is FCc1nc(C(F)(F)F)cs1. The molecule has 0 fully saturated rings. The van der Waals surface area contributed by atoms with Crippen LogP contribution in [0.25, 0.3) is 0 Å². The van der Waals surface area contributed by atoms with Crippen LogP contribution in [0.1, 0.15) is 10.7 Å². The number of halogens is 4. The first-order valence-electron chi connectivity index (χ1n) is 2.61. The molecule has 0 atom stereocenters. The van der Waals surface area contributed by atoms with Crippen molar-refractivity contribution in [2.45, 2.75) is 12.9 Å². The second-order valence-electron chi connectivity index (χ2n) is 1.76. The number of aromatic nitrogens is 1. The van der Waals surface area contributed by atoms with E-state index in [9.17, 15) is 17.6 Å². The standard InChI is InChI=1S/C5H3F4NS/c6-1-4-10-3(2-11-4)5(7,8)9/h2H,1H2. The molecule has 11 heavy (non-hydrogen) atoms. The van der Waals surface area contributed by atoms with Crippen molar-refractivity contribution in [2.75, 3.05) is 0 Å². The van der Waals surface area contributed by atoms with E-state index in [1.807, 2.05) is 0 Å². The van der Waals surface area contributed by atoms with Gasteiger partial charge in [-0.3, -0.25) is 0 Å². The minimum atomic E-state index is -4.45. The molecule has 0 bridgehead atoms. The molecule has 0 aliphatic rings. The molecular formula is C5H3F4NS. The van der Waals surface area contributed by atoms with E-state index in [0.29, 0.717) is 11.3 Å². The Bertz CT molecular complexity index is 241. The second-order valence-corrected chi connectivity index (χ2v) is 2.70. The van der Waals surface area contributed by atoms with Crippen LogP contribution in [-0.4, -0.2) is 4.98 Å². The highest BCUT2D eigenvalue weighted by Gasteiger charge is 2.33. The largest absolute Gasteiger partial charge is 0.434 e. The van der Waals surface area contributed by atoms with Crippen molar-refractivity contribution in [2.24, 2.45) is 0 Å². The molecule has 1 heterocycles. The molecule has 1 aromatic rings. The average Bonchev–Trinajstić information content (AvgIpc) is 2.32. The summed E-state index contributed by atoms with van der Waals surface area (Å²) in [6.45, 7) is -0.944. The maximum absolute atomic E-state index is 11.8. The summed E-state index contributed by atoms with van der Waals surface area (Å²) in [4.78, 5) is 3.02. The van der Waals surface area contributed by atoms with Crippen LogP contribution in [-0.2, 0) is 12.9 Å². The molecule has 0 saturated carbocycles. The van der Waals surface area contributed by atoms with Gasteiger partial charge < -0.3 is 0 Å². The Morgan fingerprint density at radius 1 is 1.45 bits per heavy atom. The van der Waals surface area contributed by atoms with Gasteiger partial charge in [0.05, 0.1) is 0 Å². The van der Waals surface area contributed by atoms with E-state index in [1.165, 1.54) is 0 Å². The molecule has 0 unspecified atom stereocenters. The van der Waals surface area contributed by atoms with E-state index in [0.717, 1.165) is 5.38 Å². The topological polar surface area (TPSA) is 12.9 Å². The van der Waals surface area contributed by atoms with Crippen LogP contribution in [0.15, 0.2) is 5.38 Å². The summed E-state index contributed by atoms with van der Waals surface area (Å²) in [5, 5.41) is 0.659. The monoisotopic (exact) mass is 185 g/mol. The van der Waals surface area contributed by atoms with Crippen LogP contribution in [0.4, 0.5) is 17.6 Å². The van der Waals surface area contributed by atoms with Crippen LogP contribution >= 0.6 is 11.3 Å². The molecule has 0 saturated heterocycles. The molecule has 0 aliphatic heterocycles. The summed E-state index contributed by atoms with van der Waals surface area (Å²) in [5.41, 5.74) is -1.02. The number of alkyl halides is 4. The first-order valence-corrected chi connectivity index (χ1v) is 3.49. The number of rotatable bonds is 1. The number of thiazole rings is 1.